The van der Waals surface area contributed by atoms with E-state index in [2.05, 4.69) is 0 Å². The third-order valence-corrected chi connectivity index (χ3v) is 5.90. The van der Waals surface area contributed by atoms with E-state index in [0.29, 0.717) is 13.0 Å². The van der Waals surface area contributed by atoms with Crippen LogP contribution in [0.2, 0.25) is 0 Å². The summed E-state index contributed by atoms with van der Waals surface area (Å²) in [7, 11) is 0. The van der Waals surface area contributed by atoms with Gasteiger partial charge in [0.1, 0.15) is 6.04 Å². The molecule has 4 nitrogen and oxygen atoms in total. The molecule has 2 fully saturated rings. The molecule has 116 valence electrons. The Bertz CT molecular complexity index is 633. The van der Waals surface area contributed by atoms with Crippen LogP contribution < -0.4 is 0 Å². The number of aliphatic carboxylic acids is 1. The lowest BCUT2D eigenvalue weighted by Crippen LogP contribution is -2.49. The molecule has 1 aliphatic heterocycles. The SMILES string of the molecule is O=C(O)C1Cc2ccccc2CN1C(=O)C1CC12CCCC2. The number of hydrogen-bond acceptors (Lipinski definition) is 2. The van der Waals surface area contributed by atoms with Crippen LogP contribution in [0.25, 0.3) is 0 Å². The van der Waals surface area contributed by atoms with E-state index >= 15 is 0 Å². The molecule has 1 amide bonds. The molecule has 2 aliphatic carbocycles. The van der Waals surface area contributed by atoms with Crippen molar-refractivity contribution in [2.75, 3.05) is 0 Å². The highest BCUT2D eigenvalue weighted by Gasteiger charge is 2.60. The van der Waals surface area contributed by atoms with Crippen LogP contribution in [0, 0.1) is 11.3 Å². The Labute approximate surface area is 130 Å². The monoisotopic (exact) mass is 299 g/mol. The van der Waals surface area contributed by atoms with Gasteiger partial charge in [-0.1, -0.05) is 37.1 Å². The van der Waals surface area contributed by atoms with Gasteiger partial charge in [-0.15, -0.1) is 0 Å². The zero-order valence-electron chi connectivity index (χ0n) is 12.6. The molecule has 3 aliphatic rings. The molecule has 1 aromatic carbocycles. The van der Waals surface area contributed by atoms with Crippen molar-refractivity contribution in [3.8, 4) is 0 Å². The van der Waals surface area contributed by atoms with Crippen LogP contribution in [-0.4, -0.2) is 27.9 Å². The Balaban J connectivity index is 1.59. The Morgan fingerprint density at radius 1 is 1.14 bits per heavy atom. The van der Waals surface area contributed by atoms with Gasteiger partial charge in [-0.3, -0.25) is 4.79 Å². The van der Waals surface area contributed by atoms with Crippen molar-refractivity contribution in [1.29, 1.82) is 0 Å². The van der Waals surface area contributed by atoms with Crippen molar-refractivity contribution in [1.82, 2.24) is 4.90 Å². The molecule has 0 bridgehead atoms. The molecule has 22 heavy (non-hydrogen) atoms. The number of carboxylic acid groups (broad SMARTS) is 1. The molecule has 4 rings (SSSR count). The molecule has 1 aromatic rings. The van der Waals surface area contributed by atoms with Gasteiger partial charge in [-0.05, 0) is 35.8 Å². The number of benzene rings is 1. The molecule has 1 spiro atoms. The molecule has 1 N–H and O–H groups in total. The molecule has 0 aromatic heterocycles. The lowest BCUT2D eigenvalue weighted by Gasteiger charge is -2.35. The average molecular weight is 299 g/mol. The molecule has 2 atom stereocenters. The molecule has 4 heteroatoms. The standard InChI is InChI=1S/C18H21NO3/c20-16(14-10-18(14)7-3-4-8-18)19-11-13-6-2-1-5-12(13)9-15(19)17(21)22/h1-2,5-6,14-15H,3-4,7-11H2,(H,21,22). The Kier molecular flexibility index (Phi) is 3.03. The van der Waals surface area contributed by atoms with Crippen molar-refractivity contribution < 1.29 is 14.7 Å². The van der Waals surface area contributed by atoms with Crippen molar-refractivity contribution in [3.63, 3.8) is 0 Å². The highest BCUT2D eigenvalue weighted by atomic mass is 16.4. The Morgan fingerprint density at radius 3 is 2.50 bits per heavy atom. The first-order valence-corrected chi connectivity index (χ1v) is 8.21. The van der Waals surface area contributed by atoms with Gasteiger partial charge in [-0.25, -0.2) is 4.79 Å². The predicted molar refractivity (Wildman–Crippen MR) is 81.1 cm³/mol. The summed E-state index contributed by atoms with van der Waals surface area (Å²) in [5.41, 5.74) is 2.37. The summed E-state index contributed by atoms with van der Waals surface area (Å²) in [6, 6.07) is 7.16. The van der Waals surface area contributed by atoms with Crippen molar-refractivity contribution >= 4 is 11.9 Å². The maximum Gasteiger partial charge on any atom is 0.326 e. The van der Waals surface area contributed by atoms with Crippen molar-refractivity contribution in [3.05, 3.63) is 35.4 Å². The van der Waals surface area contributed by atoms with E-state index in [1.54, 1.807) is 4.90 Å². The number of hydrogen-bond donors (Lipinski definition) is 1. The summed E-state index contributed by atoms with van der Waals surface area (Å²) in [6.45, 7) is 0.443. The van der Waals surface area contributed by atoms with Crippen LogP contribution in [0.3, 0.4) is 0 Å². The number of amides is 1. The van der Waals surface area contributed by atoms with Crippen LogP contribution in [0.5, 0.6) is 0 Å². The first-order valence-electron chi connectivity index (χ1n) is 8.21. The lowest BCUT2D eigenvalue weighted by molar-refractivity contribution is -0.152. The number of fused-ring (bicyclic) bond motifs is 1. The van der Waals surface area contributed by atoms with Gasteiger partial charge in [0.2, 0.25) is 5.91 Å². The molecule has 0 radical (unpaired) electrons. The highest BCUT2D eigenvalue weighted by molar-refractivity contribution is 5.88. The lowest BCUT2D eigenvalue weighted by atomic mass is 9.92. The van der Waals surface area contributed by atoms with Gasteiger partial charge in [-0.2, -0.15) is 0 Å². The number of carboxylic acids is 1. The molecule has 2 saturated carbocycles. The molecular formula is C18H21NO3. The second kappa shape index (κ2) is 4.83. The normalized spacial score (nSPS) is 28.5. The van der Waals surface area contributed by atoms with Crippen LogP contribution >= 0.6 is 0 Å². The second-order valence-corrected chi connectivity index (χ2v) is 7.12. The van der Waals surface area contributed by atoms with Crippen LogP contribution in [0.15, 0.2) is 24.3 Å². The van der Waals surface area contributed by atoms with Gasteiger partial charge >= 0.3 is 5.97 Å². The van der Waals surface area contributed by atoms with E-state index in [9.17, 15) is 14.7 Å². The quantitative estimate of drug-likeness (QED) is 0.913. The Hall–Kier alpha value is -1.84. The predicted octanol–water partition coefficient (Wildman–Crippen LogP) is 2.60. The Morgan fingerprint density at radius 2 is 1.82 bits per heavy atom. The summed E-state index contributed by atoms with van der Waals surface area (Å²) in [5, 5.41) is 9.55. The molecule has 2 unspecified atom stereocenters. The smallest absolute Gasteiger partial charge is 0.326 e. The summed E-state index contributed by atoms with van der Waals surface area (Å²) < 4.78 is 0. The van der Waals surface area contributed by atoms with E-state index in [0.717, 1.165) is 30.4 Å². The van der Waals surface area contributed by atoms with E-state index in [1.165, 1.54) is 12.8 Å². The fraction of sp³-hybridized carbons (Fsp3) is 0.556. The van der Waals surface area contributed by atoms with Gasteiger partial charge in [0.15, 0.2) is 0 Å². The van der Waals surface area contributed by atoms with Gasteiger partial charge < -0.3 is 10.0 Å². The maximum atomic E-state index is 12.9. The summed E-state index contributed by atoms with van der Waals surface area (Å²) in [4.78, 5) is 26.2. The van der Waals surface area contributed by atoms with E-state index in [4.69, 9.17) is 0 Å². The van der Waals surface area contributed by atoms with Crippen LogP contribution in [0.4, 0.5) is 0 Å². The first kappa shape index (κ1) is 13.8. The average Bonchev–Trinajstić information content (AvgIpc) is 3.02. The topological polar surface area (TPSA) is 57.6 Å². The fourth-order valence-corrected chi connectivity index (χ4v) is 4.50. The minimum Gasteiger partial charge on any atom is -0.480 e. The number of rotatable bonds is 2. The molecular weight excluding hydrogens is 278 g/mol. The molecule has 1 heterocycles. The summed E-state index contributed by atoms with van der Waals surface area (Å²) in [5.74, 6) is -0.741. The summed E-state index contributed by atoms with van der Waals surface area (Å²) in [6.07, 6.45) is 6.12. The number of nitrogens with zero attached hydrogens (tertiary/aromatic N) is 1. The highest BCUT2D eigenvalue weighted by Crippen LogP contribution is 2.63. The zero-order chi connectivity index (χ0) is 15.3. The number of carbonyl (C=O) groups is 2. The van der Waals surface area contributed by atoms with Crippen LogP contribution in [0.1, 0.15) is 43.2 Å². The summed E-state index contributed by atoms with van der Waals surface area (Å²) >= 11 is 0. The van der Waals surface area contributed by atoms with E-state index < -0.39 is 12.0 Å². The number of carbonyl (C=O) groups excluding carboxylic acids is 1. The van der Waals surface area contributed by atoms with Crippen molar-refractivity contribution in [2.45, 2.75) is 51.1 Å². The third kappa shape index (κ3) is 2.04. The van der Waals surface area contributed by atoms with Gasteiger partial charge in [0.25, 0.3) is 0 Å². The van der Waals surface area contributed by atoms with Crippen LogP contribution in [-0.2, 0) is 22.6 Å². The zero-order valence-corrected chi connectivity index (χ0v) is 12.6. The first-order chi connectivity index (χ1) is 10.6. The van der Waals surface area contributed by atoms with E-state index in [-0.39, 0.29) is 17.2 Å². The molecule has 0 saturated heterocycles. The second-order valence-electron chi connectivity index (χ2n) is 7.12. The fourth-order valence-electron chi connectivity index (χ4n) is 4.50. The van der Waals surface area contributed by atoms with Crippen molar-refractivity contribution in [2.24, 2.45) is 11.3 Å². The maximum absolute atomic E-state index is 12.9. The third-order valence-electron chi connectivity index (χ3n) is 5.90. The van der Waals surface area contributed by atoms with Gasteiger partial charge in [0.05, 0.1) is 0 Å². The largest absolute Gasteiger partial charge is 0.480 e. The van der Waals surface area contributed by atoms with E-state index in [1.807, 2.05) is 24.3 Å². The minimum absolute atomic E-state index is 0.0714. The minimum atomic E-state index is -0.885. The van der Waals surface area contributed by atoms with Gasteiger partial charge in [0, 0.05) is 18.9 Å².